The van der Waals surface area contributed by atoms with E-state index in [2.05, 4.69) is 0 Å². The summed E-state index contributed by atoms with van der Waals surface area (Å²) in [6.07, 6.45) is -0.894. The van der Waals surface area contributed by atoms with E-state index in [4.69, 9.17) is 18.3 Å². The normalized spacial score (nSPS) is 12.3. The third-order valence-corrected chi connectivity index (χ3v) is 5.66. The van der Waals surface area contributed by atoms with Crippen molar-refractivity contribution >= 4 is 18.6 Å². The zero-order chi connectivity index (χ0) is 20.8. The number of fused-ring (bicyclic) bond motifs is 1. The molecule has 0 aliphatic carbocycles. The molecule has 0 N–H and O–H groups in total. The van der Waals surface area contributed by atoms with Gasteiger partial charge in [-0.1, -0.05) is 72.8 Å². The van der Waals surface area contributed by atoms with Crippen molar-refractivity contribution < 1.29 is 22.9 Å². The van der Waals surface area contributed by atoms with Crippen LogP contribution in [0, 0.1) is 0 Å². The van der Waals surface area contributed by atoms with Crippen LogP contribution in [0.3, 0.4) is 0 Å². The molecule has 1 unspecified atom stereocenters. The quantitative estimate of drug-likeness (QED) is 0.231. The van der Waals surface area contributed by atoms with Crippen LogP contribution in [-0.2, 0) is 9.09 Å². The Hall–Kier alpha value is -3.27. The van der Waals surface area contributed by atoms with Gasteiger partial charge in [0, 0.05) is 5.39 Å². The Balaban J connectivity index is 1.56. The summed E-state index contributed by atoms with van der Waals surface area (Å²) < 4.78 is 36.4. The van der Waals surface area contributed by atoms with Crippen LogP contribution >= 0.6 is 7.82 Å². The van der Waals surface area contributed by atoms with Crippen molar-refractivity contribution in [3.8, 4) is 17.2 Å². The van der Waals surface area contributed by atoms with Gasteiger partial charge in [-0.3, -0.25) is 0 Å². The van der Waals surface area contributed by atoms with Gasteiger partial charge >= 0.3 is 7.82 Å². The Labute approximate surface area is 175 Å². The van der Waals surface area contributed by atoms with E-state index < -0.39 is 14.1 Å². The van der Waals surface area contributed by atoms with Crippen LogP contribution in [0.15, 0.2) is 103 Å². The van der Waals surface area contributed by atoms with E-state index in [0.717, 1.165) is 10.8 Å². The molecule has 0 aromatic heterocycles. The fourth-order valence-electron chi connectivity index (χ4n) is 2.96. The molecule has 6 heteroatoms. The van der Waals surface area contributed by atoms with Crippen molar-refractivity contribution in [2.75, 3.05) is 0 Å². The Bertz CT molecular complexity index is 1100. The van der Waals surface area contributed by atoms with Crippen LogP contribution in [0.25, 0.3) is 10.8 Å². The lowest BCUT2D eigenvalue weighted by atomic mass is 10.1. The first kappa shape index (κ1) is 20.0. The second kappa shape index (κ2) is 9.04. The summed E-state index contributed by atoms with van der Waals surface area (Å²) in [7, 11) is -4.04. The molecule has 4 rings (SSSR count). The highest BCUT2D eigenvalue weighted by Crippen LogP contribution is 2.50. The van der Waals surface area contributed by atoms with Gasteiger partial charge in [0.1, 0.15) is 17.2 Å². The molecule has 0 amide bonds. The molecule has 1 atom stereocenters. The van der Waals surface area contributed by atoms with E-state index in [1.54, 1.807) is 55.5 Å². The molecule has 0 radical (unpaired) electrons. The fraction of sp³-hybridized carbons (Fsp3) is 0.0833. The summed E-state index contributed by atoms with van der Waals surface area (Å²) in [5, 5.41) is 1.96. The maximum atomic E-state index is 13.5. The predicted molar refractivity (Wildman–Crippen MR) is 117 cm³/mol. The predicted octanol–water partition coefficient (Wildman–Crippen LogP) is 6.85. The number of phosphoric ester groups is 1. The Morgan fingerprint density at radius 1 is 0.667 bits per heavy atom. The highest BCUT2D eigenvalue weighted by atomic mass is 31.2. The Morgan fingerprint density at radius 3 is 1.83 bits per heavy atom. The van der Waals surface area contributed by atoms with Crippen molar-refractivity contribution in [3.05, 3.63) is 103 Å². The monoisotopic (exact) mass is 420 g/mol. The standard InChI is InChI=1S/C24H21O5P/c1-19(26-24-18-10-12-20-11-8-9-17-23(20)24)27-30(25,28-21-13-4-2-5-14-21)29-22-15-6-3-7-16-22/h2-19H,1H3. The average Bonchev–Trinajstić information content (AvgIpc) is 2.75. The number of hydrogen-bond acceptors (Lipinski definition) is 5. The van der Waals surface area contributed by atoms with Gasteiger partial charge in [-0.2, -0.15) is 0 Å². The molecule has 30 heavy (non-hydrogen) atoms. The lowest BCUT2D eigenvalue weighted by molar-refractivity contribution is 0.00403. The van der Waals surface area contributed by atoms with Crippen molar-refractivity contribution in [2.24, 2.45) is 0 Å². The summed E-state index contributed by atoms with van der Waals surface area (Å²) in [4.78, 5) is 0. The van der Waals surface area contributed by atoms with Crippen LogP contribution in [0.1, 0.15) is 6.92 Å². The van der Waals surface area contributed by atoms with Gasteiger partial charge in [0.05, 0.1) is 0 Å². The fourth-order valence-corrected chi connectivity index (χ4v) is 4.25. The molecule has 0 bridgehead atoms. The van der Waals surface area contributed by atoms with Crippen LogP contribution in [0.4, 0.5) is 0 Å². The van der Waals surface area contributed by atoms with E-state index in [9.17, 15) is 4.57 Å². The molecule has 4 aromatic carbocycles. The lowest BCUT2D eigenvalue weighted by Gasteiger charge is -2.23. The molecule has 4 aromatic rings. The first-order valence-electron chi connectivity index (χ1n) is 9.53. The summed E-state index contributed by atoms with van der Waals surface area (Å²) in [6, 6.07) is 31.1. The zero-order valence-corrected chi connectivity index (χ0v) is 17.3. The molecular formula is C24H21O5P. The summed E-state index contributed by atoms with van der Waals surface area (Å²) in [5.41, 5.74) is 0. The largest absolute Gasteiger partial charge is 0.590 e. The first-order chi connectivity index (χ1) is 14.6. The van der Waals surface area contributed by atoms with Gasteiger partial charge in [0.2, 0.25) is 6.29 Å². The molecule has 0 saturated carbocycles. The van der Waals surface area contributed by atoms with Gasteiger partial charge in [-0.25, -0.2) is 9.09 Å². The van der Waals surface area contributed by atoms with Gasteiger partial charge in [0.15, 0.2) is 0 Å². The highest BCUT2D eigenvalue weighted by Gasteiger charge is 2.34. The van der Waals surface area contributed by atoms with Crippen molar-refractivity contribution in [3.63, 3.8) is 0 Å². The second-order valence-electron chi connectivity index (χ2n) is 6.52. The number of ether oxygens (including phenoxy) is 1. The van der Waals surface area contributed by atoms with Gasteiger partial charge in [-0.15, -0.1) is 0 Å². The van der Waals surface area contributed by atoms with E-state index in [1.807, 2.05) is 54.6 Å². The molecule has 0 heterocycles. The van der Waals surface area contributed by atoms with Crippen LogP contribution in [-0.4, -0.2) is 6.29 Å². The van der Waals surface area contributed by atoms with Crippen molar-refractivity contribution in [2.45, 2.75) is 13.2 Å². The van der Waals surface area contributed by atoms with Gasteiger partial charge < -0.3 is 13.8 Å². The smallest absolute Gasteiger partial charge is 0.464 e. The molecule has 0 aliphatic heterocycles. The minimum Gasteiger partial charge on any atom is -0.464 e. The summed E-state index contributed by atoms with van der Waals surface area (Å²) >= 11 is 0. The van der Waals surface area contributed by atoms with Gasteiger partial charge in [-0.05, 0) is 42.6 Å². The Morgan fingerprint density at radius 2 is 1.20 bits per heavy atom. The molecule has 152 valence electrons. The van der Waals surface area contributed by atoms with Crippen LogP contribution in [0.2, 0.25) is 0 Å². The third kappa shape index (κ3) is 5.01. The first-order valence-corrected chi connectivity index (χ1v) is 11.0. The number of hydrogen-bond donors (Lipinski definition) is 0. The van der Waals surface area contributed by atoms with Crippen molar-refractivity contribution in [1.29, 1.82) is 0 Å². The highest BCUT2D eigenvalue weighted by molar-refractivity contribution is 7.49. The minimum atomic E-state index is -4.04. The SMILES string of the molecule is CC(Oc1cccc2ccccc12)OP(=O)(Oc1ccccc1)Oc1ccccc1. The topological polar surface area (TPSA) is 54.0 Å². The minimum absolute atomic E-state index is 0.370. The molecule has 0 spiro atoms. The number of benzene rings is 4. The molecule has 0 aliphatic rings. The lowest BCUT2D eigenvalue weighted by Crippen LogP contribution is -2.18. The van der Waals surface area contributed by atoms with E-state index in [1.165, 1.54) is 0 Å². The maximum absolute atomic E-state index is 13.5. The number of para-hydroxylation sites is 2. The average molecular weight is 420 g/mol. The maximum Gasteiger partial charge on any atom is 0.590 e. The van der Waals surface area contributed by atoms with E-state index in [0.29, 0.717) is 17.2 Å². The molecule has 0 saturated heterocycles. The third-order valence-electron chi connectivity index (χ3n) is 4.24. The summed E-state index contributed by atoms with van der Waals surface area (Å²) in [5.74, 6) is 1.36. The molecule has 0 fully saturated rings. The van der Waals surface area contributed by atoms with Gasteiger partial charge in [0.25, 0.3) is 0 Å². The zero-order valence-electron chi connectivity index (χ0n) is 16.4. The van der Waals surface area contributed by atoms with E-state index in [-0.39, 0.29) is 0 Å². The van der Waals surface area contributed by atoms with Crippen LogP contribution in [0.5, 0.6) is 17.2 Å². The second-order valence-corrected chi connectivity index (χ2v) is 7.99. The molecule has 5 nitrogen and oxygen atoms in total. The summed E-state index contributed by atoms with van der Waals surface area (Å²) in [6.45, 7) is 1.65. The Kier molecular flexibility index (Phi) is 6.03. The van der Waals surface area contributed by atoms with E-state index >= 15 is 0 Å². The van der Waals surface area contributed by atoms with Crippen LogP contribution < -0.4 is 13.8 Å². The number of phosphoric acid groups is 1. The molecular weight excluding hydrogens is 399 g/mol. The van der Waals surface area contributed by atoms with Crippen molar-refractivity contribution in [1.82, 2.24) is 0 Å². The number of rotatable bonds is 8.